The van der Waals surface area contributed by atoms with Crippen LogP contribution in [-0.4, -0.2) is 30.8 Å². The molecule has 0 spiro atoms. The SMILES string of the molecule is CCOC(=O)c1c(NC(=S)Nc2ccc(C(=O)OC)cc2)sc2c1CCCCCC2. The molecule has 0 saturated heterocycles. The predicted molar refractivity (Wildman–Crippen MR) is 124 cm³/mol. The number of anilines is 2. The van der Waals surface area contributed by atoms with Gasteiger partial charge < -0.3 is 20.1 Å². The Labute approximate surface area is 186 Å². The van der Waals surface area contributed by atoms with E-state index in [0.29, 0.717) is 22.8 Å². The lowest BCUT2D eigenvalue weighted by atomic mass is 9.96. The van der Waals surface area contributed by atoms with Gasteiger partial charge in [0.1, 0.15) is 5.00 Å². The van der Waals surface area contributed by atoms with Crippen molar-refractivity contribution in [1.29, 1.82) is 0 Å². The standard InChI is InChI=1S/C22H26N2O4S2/c1-3-28-21(26)18-16-8-6-4-5-7-9-17(16)30-19(18)24-22(29)23-15-12-10-14(11-13-15)20(25)27-2/h10-13H,3-9H2,1-2H3,(H2,23,24,29). The van der Waals surface area contributed by atoms with Crippen molar-refractivity contribution in [3.05, 3.63) is 45.8 Å². The zero-order chi connectivity index (χ0) is 21.5. The van der Waals surface area contributed by atoms with Crippen molar-refractivity contribution in [2.75, 3.05) is 24.4 Å². The Hall–Kier alpha value is -2.45. The van der Waals surface area contributed by atoms with E-state index in [9.17, 15) is 9.59 Å². The summed E-state index contributed by atoms with van der Waals surface area (Å²) in [5.41, 5.74) is 2.91. The Morgan fingerprint density at radius 3 is 2.40 bits per heavy atom. The highest BCUT2D eigenvalue weighted by Gasteiger charge is 2.25. The monoisotopic (exact) mass is 446 g/mol. The number of fused-ring (bicyclic) bond motifs is 1. The molecule has 8 heteroatoms. The second-order valence-electron chi connectivity index (χ2n) is 6.99. The average molecular weight is 447 g/mol. The molecule has 1 aliphatic rings. The number of carbonyl (C=O) groups is 2. The number of aryl methyl sites for hydroxylation is 1. The van der Waals surface area contributed by atoms with Crippen LogP contribution in [0, 0.1) is 0 Å². The van der Waals surface area contributed by atoms with Crippen molar-refractivity contribution >= 4 is 51.3 Å². The molecule has 0 bridgehead atoms. The number of hydrogen-bond donors (Lipinski definition) is 2. The van der Waals surface area contributed by atoms with Gasteiger partial charge in [0.05, 0.1) is 24.8 Å². The van der Waals surface area contributed by atoms with Crippen LogP contribution in [0.25, 0.3) is 0 Å². The van der Waals surface area contributed by atoms with E-state index in [1.165, 1.54) is 24.8 Å². The topological polar surface area (TPSA) is 76.7 Å². The summed E-state index contributed by atoms with van der Waals surface area (Å²) in [6.07, 6.45) is 6.47. The number of thiophene rings is 1. The van der Waals surface area contributed by atoms with E-state index < -0.39 is 5.97 Å². The molecule has 0 aliphatic heterocycles. The second-order valence-corrected chi connectivity index (χ2v) is 8.50. The van der Waals surface area contributed by atoms with Gasteiger partial charge in [-0.1, -0.05) is 12.8 Å². The molecule has 0 amide bonds. The number of benzene rings is 1. The third-order valence-electron chi connectivity index (χ3n) is 4.94. The summed E-state index contributed by atoms with van der Waals surface area (Å²) in [6, 6.07) is 6.83. The van der Waals surface area contributed by atoms with Gasteiger partial charge in [-0.15, -0.1) is 11.3 Å². The number of hydrogen-bond acceptors (Lipinski definition) is 6. The van der Waals surface area contributed by atoms with Crippen molar-refractivity contribution in [1.82, 2.24) is 0 Å². The molecule has 30 heavy (non-hydrogen) atoms. The highest BCUT2D eigenvalue weighted by molar-refractivity contribution is 7.80. The van der Waals surface area contributed by atoms with E-state index in [4.69, 9.17) is 21.7 Å². The summed E-state index contributed by atoms with van der Waals surface area (Å²) in [6.45, 7) is 2.14. The number of methoxy groups -OCH3 is 1. The van der Waals surface area contributed by atoms with Gasteiger partial charge in [-0.2, -0.15) is 0 Å². The molecule has 3 rings (SSSR count). The second kappa shape index (κ2) is 10.5. The van der Waals surface area contributed by atoms with E-state index >= 15 is 0 Å². The fourth-order valence-corrected chi connectivity index (χ4v) is 5.07. The molecule has 2 N–H and O–H groups in total. The van der Waals surface area contributed by atoms with Crippen LogP contribution in [0.3, 0.4) is 0 Å². The van der Waals surface area contributed by atoms with Gasteiger partial charge in [-0.3, -0.25) is 0 Å². The first-order chi connectivity index (χ1) is 14.5. The third kappa shape index (κ3) is 5.37. The van der Waals surface area contributed by atoms with Crippen LogP contribution in [0.15, 0.2) is 24.3 Å². The average Bonchev–Trinajstić information content (AvgIpc) is 3.04. The van der Waals surface area contributed by atoms with Gasteiger partial charge in [-0.25, -0.2) is 9.59 Å². The summed E-state index contributed by atoms with van der Waals surface area (Å²) < 4.78 is 10.0. The molecule has 1 aliphatic carbocycles. The van der Waals surface area contributed by atoms with Crippen LogP contribution in [0.1, 0.15) is 63.8 Å². The van der Waals surface area contributed by atoms with E-state index in [-0.39, 0.29) is 5.97 Å². The minimum Gasteiger partial charge on any atom is -0.465 e. The molecule has 1 aromatic heterocycles. The predicted octanol–water partition coefficient (Wildman–Crippen LogP) is 5.18. The Balaban J connectivity index is 1.79. The molecular weight excluding hydrogens is 420 g/mol. The van der Waals surface area contributed by atoms with Crippen LogP contribution >= 0.6 is 23.6 Å². The molecule has 0 saturated carbocycles. The number of thiocarbonyl (C=S) groups is 1. The summed E-state index contributed by atoms with van der Waals surface area (Å²) in [5, 5.41) is 7.39. The van der Waals surface area contributed by atoms with Crippen LogP contribution < -0.4 is 10.6 Å². The van der Waals surface area contributed by atoms with E-state index in [1.54, 1.807) is 35.6 Å². The van der Waals surface area contributed by atoms with Crippen molar-refractivity contribution in [3.63, 3.8) is 0 Å². The lowest BCUT2D eigenvalue weighted by molar-refractivity contribution is 0.0525. The fourth-order valence-electron chi connectivity index (χ4n) is 3.50. The maximum atomic E-state index is 12.7. The van der Waals surface area contributed by atoms with Crippen molar-refractivity contribution < 1.29 is 19.1 Å². The Morgan fingerprint density at radius 2 is 1.73 bits per heavy atom. The zero-order valence-electron chi connectivity index (χ0n) is 17.2. The van der Waals surface area contributed by atoms with Gasteiger partial charge in [-0.05, 0) is 74.7 Å². The minimum absolute atomic E-state index is 0.302. The van der Waals surface area contributed by atoms with Gasteiger partial charge in [0.15, 0.2) is 5.11 Å². The van der Waals surface area contributed by atoms with E-state index in [2.05, 4.69) is 10.6 Å². The molecule has 0 unspecified atom stereocenters. The molecule has 0 radical (unpaired) electrons. The van der Waals surface area contributed by atoms with Gasteiger partial charge in [0, 0.05) is 10.6 Å². The van der Waals surface area contributed by atoms with Crippen LogP contribution in [-0.2, 0) is 22.3 Å². The molecule has 1 heterocycles. The normalized spacial score (nSPS) is 13.4. The van der Waals surface area contributed by atoms with Crippen molar-refractivity contribution in [3.8, 4) is 0 Å². The molecule has 160 valence electrons. The first kappa shape index (κ1) is 22.2. The maximum absolute atomic E-state index is 12.7. The largest absolute Gasteiger partial charge is 0.465 e. The van der Waals surface area contributed by atoms with Gasteiger partial charge >= 0.3 is 11.9 Å². The molecule has 1 aromatic carbocycles. The zero-order valence-corrected chi connectivity index (χ0v) is 18.8. The van der Waals surface area contributed by atoms with E-state index in [0.717, 1.165) is 41.9 Å². The number of nitrogens with one attached hydrogen (secondary N) is 2. The first-order valence-electron chi connectivity index (χ1n) is 10.1. The molecule has 2 aromatic rings. The van der Waals surface area contributed by atoms with Gasteiger partial charge in [0.25, 0.3) is 0 Å². The molecule has 0 atom stereocenters. The third-order valence-corrected chi connectivity index (χ3v) is 6.35. The Morgan fingerprint density at radius 1 is 1.03 bits per heavy atom. The first-order valence-corrected chi connectivity index (χ1v) is 11.3. The van der Waals surface area contributed by atoms with Crippen molar-refractivity contribution in [2.45, 2.75) is 45.4 Å². The quantitative estimate of drug-likeness (QED) is 0.484. The molecular formula is C22H26N2O4S2. The number of ether oxygens (including phenoxy) is 2. The summed E-state index contributed by atoms with van der Waals surface area (Å²) in [7, 11) is 1.35. The van der Waals surface area contributed by atoms with Crippen molar-refractivity contribution in [2.24, 2.45) is 0 Å². The Kier molecular flexibility index (Phi) is 7.81. The number of esters is 2. The van der Waals surface area contributed by atoms with Gasteiger partial charge in [0.2, 0.25) is 0 Å². The fraction of sp³-hybridized carbons (Fsp3) is 0.409. The smallest absolute Gasteiger partial charge is 0.341 e. The lowest BCUT2D eigenvalue weighted by Gasteiger charge is -2.13. The van der Waals surface area contributed by atoms with Crippen LogP contribution in [0.2, 0.25) is 0 Å². The molecule has 0 fully saturated rings. The lowest BCUT2D eigenvalue weighted by Crippen LogP contribution is -2.20. The van der Waals surface area contributed by atoms with Crippen LogP contribution in [0.5, 0.6) is 0 Å². The Bertz CT molecular complexity index is 922. The highest BCUT2D eigenvalue weighted by Crippen LogP contribution is 2.37. The summed E-state index contributed by atoms with van der Waals surface area (Å²) >= 11 is 7.06. The maximum Gasteiger partial charge on any atom is 0.341 e. The number of rotatable bonds is 5. The van der Waals surface area contributed by atoms with E-state index in [1.807, 2.05) is 6.92 Å². The summed E-state index contributed by atoms with van der Waals surface area (Å²) in [5.74, 6) is -0.694. The molecule has 6 nitrogen and oxygen atoms in total. The van der Waals surface area contributed by atoms with Crippen LogP contribution in [0.4, 0.5) is 10.7 Å². The minimum atomic E-state index is -0.391. The number of carbonyl (C=O) groups excluding carboxylic acids is 2. The highest BCUT2D eigenvalue weighted by atomic mass is 32.1. The summed E-state index contributed by atoms with van der Waals surface area (Å²) in [4.78, 5) is 25.5.